The topological polar surface area (TPSA) is 15.3 Å². The molecule has 1 rings (SSSR count). The summed E-state index contributed by atoms with van der Waals surface area (Å²) >= 11 is 0. The van der Waals surface area contributed by atoms with Gasteiger partial charge in [0.1, 0.15) is 5.82 Å². The van der Waals surface area contributed by atoms with Crippen LogP contribution in [0.2, 0.25) is 0 Å². The van der Waals surface area contributed by atoms with Gasteiger partial charge in [0, 0.05) is 5.54 Å². The molecule has 1 atom stereocenters. The molecule has 0 heterocycles. The number of hydrogen-bond acceptors (Lipinski definition) is 2. The molecule has 0 saturated heterocycles. The van der Waals surface area contributed by atoms with Gasteiger partial charge >= 0.3 is 0 Å². The largest absolute Gasteiger partial charge is 0.309 e. The summed E-state index contributed by atoms with van der Waals surface area (Å²) < 4.78 is 13.7. The van der Waals surface area contributed by atoms with Gasteiger partial charge < -0.3 is 5.32 Å². The maximum atomic E-state index is 13.7. The standard InChI is InChI=1S/C17H29FN2/c1-7-19-16(17(5,6)20(8-2)9-3)14-10-13(4)11-15(18)12-14/h10-12,16,19H,7-9H2,1-6H3. The molecule has 0 spiro atoms. The molecular weight excluding hydrogens is 251 g/mol. The van der Waals surface area contributed by atoms with Crippen molar-refractivity contribution < 1.29 is 4.39 Å². The van der Waals surface area contributed by atoms with Crippen molar-refractivity contribution >= 4 is 0 Å². The van der Waals surface area contributed by atoms with Gasteiger partial charge in [-0.3, -0.25) is 4.90 Å². The van der Waals surface area contributed by atoms with Crippen LogP contribution in [-0.2, 0) is 0 Å². The van der Waals surface area contributed by atoms with Gasteiger partial charge in [-0.15, -0.1) is 0 Å². The molecule has 114 valence electrons. The molecule has 0 saturated carbocycles. The first-order valence-electron chi connectivity index (χ1n) is 7.62. The van der Waals surface area contributed by atoms with Crippen LogP contribution in [0.25, 0.3) is 0 Å². The lowest BCUT2D eigenvalue weighted by Crippen LogP contribution is -2.52. The molecule has 1 aromatic carbocycles. The molecule has 0 aliphatic carbocycles. The summed E-state index contributed by atoms with van der Waals surface area (Å²) in [6, 6.07) is 5.44. The van der Waals surface area contributed by atoms with Crippen molar-refractivity contribution in [2.45, 2.75) is 53.1 Å². The monoisotopic (exact) mass is 280 g/mol. The molecule has 1 unspecified atom stereocenters. The molecule has 1 aromatic rings. The highest BCUT2D eigenvalue weighted by Crippen LogP contribution is 2.31. The third-order valence-corrected chi connectivity index (χ3v) is 4.09. The van der Waals surface area contributed by atoms with Gasteiger partial charge in [-0.2, -0.15) is 0 Å². The van der Waals surface area contributed by atoms with E-state index < -0.39 is 0 Å². The number of likely N-dealkylation sites (N-methyl/N-ethyl adjacent to an activating group) is 2. The van der Waals surface area contributed by atoms with E-state index in [9.17, 15) is 4.39 Å². The van der Waals surface area contributed by atoms with Crippen molar-refractivity contribution in [1.29, 1.82) is 0 Å². The fraction of sp³-hybridized carbons (Fsp3) is 0.647. The molecule has 20 heavy (non-hydrogen) atoms. The zero-order valence-corrected chi connectivity index (χ0v) is 13.8. The quantitative estimate of drug-likeness (QED) is 0.815. The van der Waals surface area contributed by atoms with E-state index in [2.05, 4.69) is 50.9 Å². The van der Waals surface area contributed by atoms with E-state index in [1.165, 1.54) is 0 Å². The lowest BCUT2D eigenvalue weighted by molar-refractivity contribution is 0.0917. The van der Waals surface area contributed by atoms with Crippen LogP contribution in [0.1, 0.15) is 51.8 Å². The molecular formula is C17H29FN2. The van der Waals surface area contributed by atoms with Gasteiger partial charge in [0.15, 0.2) is 0 Å². The van der Waals surface area contributed by atoms with Gasteiger partial charge in [-0.05, 0) is 63.7 Å². The van der Waals surface area contributed by atoms with Crippen molar-refractivity contribution in [3.63, 3.8) is 0 Å². The number of nitrogens with one attached hydrogen (secondary N) is 1. The van der Waals surface area contributed by atoms with E-state index in [1.807, 2.05) is 6.92 Å². The average molecular weight is 280 g/mol. The second kappa shape index (κ2) is 7.19. The SMILES string of the molecule is CCNC(c1cc(C)cc(F)c1)C(C)(C)N(CC)CC. The molecule has 0 radical (unpaired) electrons. The summed E-state index contributed by atoms with van der Waals surface area (Å²) in [6.07, 6.45) is 0. The smallest absolute Gasteiger partial charge is 0.123 e. The van der Waals surface area contributed by atoms with Gasteiger partial charge in [-0.25, -0.2) is 4.39 Å². The summed E-state index contributed by atoms with van der Waals surface area (Å²) in [6.45, 7) is 15.7. The Morgan fingerprint density at radius 2 is 1.75 bits per heavy atom. The minimum absolute atomic E-state index is 0.0697. The second-order valence-electron chi connectivity index (χ2n) is 5.88. The van der Waals surface area contributed by atoms with Gasteiger partial charge in [0.05, 0.1) is 6.04 Å². The summed E-state index contributed by atoms with van der Waals surface area (Å²) in [5.41, 5.74) is 1.93. The van der Waals surface area contributed by atoms with Crippen molar-refractivity contribution in [3.05, 3.63) is 35.1 Å². The third kappa shape index (κ3) is 3.80. The van der Waals surface area contributed by atoms with Crippen LogP contribution in [-0.4, -0.2) is 30.1 Å². The fourth-order valence-corrected chi connectivity index (χ4v) is 3.13. The Morgan fingerprint density at radius 1 is 1.15 bits per heavy atom. The summed E-state index contributed by atoms with van der Waals surface area (Å²) in [4.78, 5) is 2.42. The van der Waals surface area contributed by atoms with Crippen LogP contribution in [0.15, 0.2) is 18.2 Å². The van der Waals surface area contributed by atoms with Crippen molar-refractivity contribution in [2.24, 2.45) is 0 Å². The first-order valence-corrected chi connectivity index (χ1v) is 7.62. The highest BCUT2D eigenvalue weighted by atomic mass is 19.1. The molecule has 0 bridgehead atoms. The Balaban J connectivity index is 3.21. The number of halogens is 1. The lowest BCUT2D eigenvalue weighted by atomic mass is 9.86. The van der Waals surface area contributed by atoms with Crippen LogP contribution in [0.4, 0.5) is 4.39 Å². The number of hydrogen-bond donors (Lipinski definition) is 1. The number of benzene rings is 1. The zero-order chi connectivity index (χ0) is 15.3. The van der Waals surface area contributed by atoms with Gasteiger partial charge in [0.2, 0.25) is 0 Å². The lowest BCUT2D eigenvalue weighted by Gasteiger charge is -2.44. The number of nitrogens with zero attached hydrogens (tertiary/aromatic N) is 1. The number of rotatable bonds is 7. The Morgan fingerprint density at radius 3 is 2.20 bits per heavy atom. The normalized spacial score (nSPS) is 13.8. The maximum Gasteiger partial charge on any atom is 0.123 e. The predicted octanol–water partition coefficient (Wildman–Crippen LogP) is 3.91. The van der Waals surface area contributed by atoms with Gasteiger partial charge in [-0.1, -0.05) is 26.8 Å². The van der Waals surface area contributed by atoms with Gasteiger partial charge in [0.25, 0.3) is 0 Å². The summed E-state index contributed by atoms with van der Waals surface area (Å²) in [7, 11) is 0. The van der Waals surface area contributed by atoms with Crippen LogP contribution in [0.3, 0.4) is 0 Å². The Kier molecular flexibility index (Phi) is 6.15. The highest BCUT2D eigenvalue weighted by molar-refractivity contribution is 5.28. The molecule has 0 aliphatic heterocycles. The molecule has 1 N–H and O–H groups in total. The van der Waals surface area contributed by atoms with Crippen LogP contribution in [0.5, 0.6) is 0 Å². The maximum absolute atomic E-state index is 13.7. The molecule has 0 aromatic heterocycles. The molecule has 0 amide bonds. The number of aryl methyl sites for hydroxylation is 1. The van der Waals surface area contributed by atoms with Crippen LogP contribution < -0.4 is 5.32 Å². The van der Waals surface area contributed by atoms with E-state index in [0.717, 1.165) is 30.8 Å². The highest BCUT2D eigenvalue weighted by Gasteiger charge is 2.34. The summed E-state index contributed by atoms with van der Waals surface area (Å²) in [5.74, 6) is -0.154. The Bertz CT molecular complexity index is 405. The minimum atomic E-state index is -0.154. The second-order valence-corrected chi connectivity index (χ2v) is 5.88. The van der Waals surface area contributed by atoms with E-state index >= 15 is 0 Å². The third-order valence-electron chi connectivity index (χ3n) is 4.09. The minimum Gasteiger partial charge on any atom is -0.309 e. The van der Waals surface area contributed by atoms with Crippen molar-refractivity contribution in [3.8, 4) is 0 Å². The van der Waals surface area contributed by atoms with Crippen molar-refractivity contribution in [2.75, 3.05) is 19.6 Å². The van der Waals surface area contributed by atoms with Crippen molar-refractivity contribution in [1.82, 2.24) is 10.2 Å². The van der Waals surface area contributed by atoms with E-state index in [-0.39, 0.29) is 17.4 Å². The van der Waals surface area contributed by atoms with E-state index in [1.54, 1.807) is 12.1 Å². The fourth-order valence-electron chi connectivity index (χ4n) is 3.13. The average Bonchev–Trinajstić information content (AvgIpc) is 2.35. The molecule has 3 heteroatoms. The van der Waals surface area contributed by atoms with E-state index in [4.69, 9.17) is 0 Å². The first-order chi connectivity index (χ1) is 9.36. The Hall–Kier alpha value is -0.930. The first kappa shape index (κ1) is 17.1. The molecule has 2 nitrogen and oxygen atoms in total. The van der Waals surface area contributed by atoms with Crippen LogP contribution >= 0.6 is 0 Å². The Labute approximate surface area is 123 Å². The predicted molar refractivity (Wildman–Crippen MR) is 84.6 cm³/mol. The molecule has 0 fully saturated rings. The summed E-state index contributed by atoms with van der Waals surface area (Å²) in [5, 5.41) is 3.53. The van der Waals surface area contributed by atoms with E-state index in [0.29, 0.717) is 0 Å². The van der Waals surface area contributed by atoms with Crippen LogP contribution in [0, 0.1) is 12.7 Å². The zero-order valence-electron chi connectivity index (χ0n) is 13.8. The molecule has 0 aliphatic rings.